The molecule has 0 N–H and O–H groups in total. The smallest absolute Gasteiger partial charge is 0.273 e. The fourth-order valence-corrected chi connectivity index (χ4v) is 5.81. The molecule has 2 aromatic carbocycles. The van der Waals surface area contributed by atoms with Gasteiger partial charge in [-0.1, -0.05) is 47.9 Å². The summed E-state index contributed by atoms with van der Waals surface area (Å²) < 4.78 is 5.93. The Morgan fingerprint density at radius 2 is 1.96 bits per heavy atom. The summed E-state index contributed by atoms with van der Waals surface area (Å²) in [5.41, 5.74) is 2.98. The van der Waals surface area contributed by atoms with Crippen LogP contribution >= 0.6 is 35.7 Å². The number of amides is 1. The molecule has 0 atom stereocenters. The predicted octanol–water partition coefficient (Wildman–Crippen LogP) is 5.17. The van der Waals surface area contributed by atoms with Crippen LogP contribution in [0.15, 0.2) is 57.3 Å². The zero-order valence-electron chi connectivity index (χ0n) is 15.2. The molecule has 27 heavy (non-hydrogen) atoms. The number of hydrogen-bond donors (Lipinski definition) is 0. The van der Waals surface area contributed by atoms with Gasteiger partial charge in [0.15, 0.2) is 4.32 Å². The summed E-state index contributed by atoms with van der Waals surface area (Å²) in [5, 5.41) is 0.938. The van der Waals surface area contributed by atoms with Crippen molar-refractivity contribution in [2.75, 3.05) is 23.5 Å². The van der Waals surface area contributed by atoms with E-state index in [2.05, 4.69) is 11.8 Å². The third kappa shape index (κ3) is 3.13. The van der Waals surface area contributed by atoms with Gasteiger partial charge < -0.3 is 9.64 Å². The first-order chi connectivity index (χ1) is 13.0. The molecule has 0 saturated carbocycles. The Hall–Kier alpha value is -1.96. The number of anilines is 2. The molecular weight excluding hydrogens is 396 g/mol. The Morgan fingerprint density at radius 3 is 2.67 bits per heavy atom. The van der Waals surface area contributed by atoms with Gasteiger partial charge in [-0.2, -0.15) is 0 Å². The highest BCUT2D eigenvalue weighted by Gasteiger charge is 2.39. The zero-order valence-corrected chi connectivity index (χ0v) is 17.6. The molecule has 2 aromatic rings. The lowest BCUT2D eigenvalue weighted by Crippen LogP contribution is -2.28. The number of benzene rings is 2. The van der Waals surface area contributed by atoms with E-state index in [0.717, 1.165) is 39.2 Å². The van der Waals surface area contributed by atoms with Crippen molar-refractivity contribution in [3.8, 4) is 5.75 Å². The summed E-state index contributed by atoms with van der Waals surface area (Å²) in [4.78, 5) is 18.8. The standard InChI is InChI=1S/C20H18N2O2S3/c1-4-21-15-11-14(24-3)8-9-16(15)26-19(21)17-18(23)22(20(25)27-17)13-7-5-6-12(2)10-13/h5-11H,4H2,1-3H3/b19-17-. The molecule has 0 unspecified atom stereocenters. The lowest BCUT2D eigenvalue weighted by Gasteiger charge is -2.19. The number of methoxy groups -OCH3 is 1. The largest absolute Gasteiger partial charge is 0.497 e. The molecule has 1 fully saturated rings. The van der Waals surface area contributed by atoms with E-state index in [4.69, 9.17) is 17.0 Å². The summed E-state index contributed by atoms with van der Waals surface area (Å²) in [6.07, 6.45) is 0. The summed E-state index contributed by atoms with van der Waals surface area (Å²) in [5.74, 6) is 0.748. The van der Waals surface area contributed by atoms with Gasteiger partial charge in [-0.25, -0.2) is 0 Å². The van der Waals surface area contributed by atoms with Gasteiger partial charge in [-0.15, -0.1) is 0 Å². The zero-order chi connectivity index (χ0) is 19.1. The predicted molar refractivity (Wildman–Crippen MR) is 118 cm³/mol. The van der Waals surface area contributed by atoms with E-state index in [1.54, 1.807) is 23.8 Å². The second kappa shape index (κ2) is 7.22. The number of rotatable bonds is 3. The van der Waals surface area contributed by atoms with Crippen molar-refractivity contribution >= 4 is 57.3 Å². The number of fused-ring (bicyclic) bond motifs is 1. The topological polar surface area (TPSA) is 32.8 Å². The van der Waals surface area contributed by atoms with E-state index in [1.807, 2.05) is 49.4 Å². The number of thiocarbonyl (C=S) groups is 1. The molecule has 2 aliphatic rings. The Balaban J connectivity index is 1.75. The van der Waals surface area contributed by atoms with Crippen molar-refractivity contribution in [2.45, 2.75) is 18.7 Å². The van der Waals surface area contributed by atoms with E-state index in [1.165, 1.54) is 11.8 Å². The molecular formula is C20H18N2O2S3. The van der Waals surface area contributed by atoms with Crippen molar-refractivity contribution < 1.29 is 9.53 Å². The summed E-state index contributed by atoms with van der Waals surface area (Å²) >= 11 is 8.53. The van der Waals surface area contributed by atoms with Crippen LogP contribution in [-0.2, 0) is 4.79 Å². The molecule has 1 amide bonds. The normalized spacial score (nSPS) is 19.1. The van der Waals surface area contributed by atoms with E-state index >= 15 is 0 Å². The number of thioether (sulfide) groups is 2. The third-order valence-electron chi connectivity index (χ3n) is 4.45. The lowest BCUT2D eigenvalue weighted by atomic mass is 10.2. The average molecular weight is 415 g/mol. The number of aryl methyl sites for hydroxylation is 1. The SMILES string of the molecule is CCN1/C(=C2/SC(=S)N(c3cccc(C)c3)C2=O)Sc2ccc(OC)cc21. The Bertz CT molecular complexity index is 987. The van der Waals surface area contributed by atoms with E-state index in [0.29, 0.717) is 9.23 Å². The fraction of sp³-hybridized carbons (Fsp3) is 0.200. The van der Waals surface area contributed by atoms with E-state index < -0.39 is 0 Å². The Morgan fingerprint density at radius 1 is 1.15 bits per heavy atom. The van der Waals surface area contributed by atoms with Gasteiger partial charge >= 0.3 is 0 Å². The monoisotopic (exact) mass is 414 g/mol. The van der Waals surface area contributed by atoms with Crippen molar-refractivity contribution in [1.82, 2.24) is 0 Å². The number of nitrogens with zero attached hydrogens (tertiary/aromatic N) is 2. The van der Waals surface area contributed by atoms with Crippen molar-refractivity contribution in [3.05, 3.63) is 58.0 Å². The summed E-state index contributed by atoms with van der Waals surface area (Å²) in [6.45, 7) is 4.85. The van der Waals surface area contributed by atoms with Crippen LogP contribution in [-0.4, -0.2) is 23.9 Å². The van der Waals surface area contributed by atoms with Crippen LogP contribution in [0.2, 0.25) is 0 Å². The highest BCUT2D eigenvalue weighted by atomic mass is 32.2. The molecule has 2 aliphatic heterocycles. The Kier molecular flexibility index (Phi) is 4.92. The van der Waals surface area contributed by atoms with Crippen molar-refractivity contribution in [2.24, 2.45) is 0 Å². The maximum atomic E-state index is 13.2. The first-order valence-corrected chi connectivity index (χ1v) is 10.6. The lowest BCUT2D eigenvalue weighted by molar-refractivity contribution is -0.113. The van der Waals surface area contributed by atoms with Crippen molar-refractivity contribution in [3.63, 3.8) is 0 Å². The quantitative estimate of drug-likeness (QED) is 0.509. The van der Waals surface area contributed by atoms with Crippen LogP contribution in [0, 0.1) is 6.92 Å². The van der Waals surface area contributed by atoms with Crippen LogP contribution in [0.3, 0.4) is 0 Å². The van der Waals surface area contributed by atoms with Crippen LogP contribution in [0.1, 0.15) is 12.5 Å². The second-order valence-corrected chi connectivity index (χ2v) is 8.84. The molecule has 0 aliphatic carbocycles. The highest BCUT2D eigenvalue weighted by Crippen LogP contribution is 2.51. The minimum atomic E-state index is -0.0590. The van der Waals surface area contributed by atoms with Gasteiger partial charge in [-0.05, 0) is 43.7 Å². The third-order valence-corrected chi connectivity index (χ3v) is 7.12. The molecule has 0 spiro atoms. The average Bonchev–Trinajstić information content (AvgIpc) is 3.17. The van der Waals surface area contributed by atoms with Gasteiger partial charge in [0.05, 0.1) is 18.5 Å². The summed E-state index contributed by atoms with van der Waals surface area (Å²) in [6, 6.07) is 13.9. The van der Waals surface area contributed by atoms with Crippen LogP contribution < -0.4 is 14.5 Å². The molecule has 0 bridgehead atoms. The molecule has 1 saturated heterocycles. The van der Waals surface area contributed by atoms with E-state index in [-0.39, 0.29) is 5.91 Å². The first kappa shape index (κ1) is 18.4. The minimum Gasteiger partial charge on any atom is -0.497 e. The van der Waals surface area contributed by atoms with Crippen LogP contribution in [0.4, 0.5) is 11.4 Å². The fourth-order valence-electron chi connectivity index (χ4n) is 3.16. The number of carbonyl (C=O) groups is 1. The van der Waals surface area contributed by atoms with Crippen LogP contribution in [0.25, 0.3) is 0 Å². The molecule has 0 radical (unpaired) electrons. The maximum Gasteiger partial charge on any atom is 0.273 e. The number of ether oxygens (including phenoxy) is 1. The summed E-state index contributed by atoms with van der Waals surface area (Å²) in [7, 11) is 1.66. The van der Waals surface area contributed by atoms with Gasteiger partial charge in [0.1, 0.15) is 15.7 Å². The van der Waals surface area contributed by atoms with Crippen LogP contribution in [0.5, 0.6) is 5.75 Å². The second-order valence-electron chi connectivity index (χ2n) is 6.16. The number of carbonyl (C=O) groups excluding carboxylic acids is 1. The molecule has 2 heterocycles. The van der Waals surface area contributed by atoms with Gasteiger partial charge in [0.2, 0.25) is 0 Å². The first-order valence-electron chi connectivity index (χ1n) is 8.54. The molecule has 4 rings (SSSR count). The van der Waals surface area contributed by atoms with Crippen molar-refractivity contribution in [1.29, 1.82) is 0 Å². The van der Waals surface area contributed by atoms with Gasteiger partial charge in [0, 0.05) is 17.5 Å². The van der Waals surface area contributed by atoms with Gasteiger partial charge in [0.25, 0.3) is 5.91 Å². The number of hydrogen-bond acceptors (Lipinski definition) is 6. The highest BCUT2D eigenvalue weighted by molar-refractivity contribution is 8.27. The van der Waals surface area contributed by atoms with E-state index in [9.17, 15) is 4.79 Å². The molecule has 138 valence electrons. The molecule has 4 nitrogen and oxygen atoms in total. The Labute approximate surface area is 172 Å². The van der Waals surface area contributed by atoms with Gasteiger partial charge in [-0.3, -0.25) is 9.69 Å². The maximum absolute atomic E-state index is 13.2. The molecule has 0 aromatic heterocycles. The molecule has 7 heteroatoms. The minimum absolute atomic E-state index is 0.0590.